The van der Waals surface area contributed by atoms with Crippen molar-refractivity contribution in [3.63, 3.8) is 0 Å². The van der Waals surface area contributed by atoms with E-state index in [4.69, 9.17) is 0 Å². The molecule has 0 saturated heterocycles. The lowest BCUT2D eigenvalue weighted by atomic mass is 10.3. The number of hydrogen-bond donors (Lipinski definition) is 2. The molecule has 1 aromatic heterocycles. The minimum atomic E-state index is -0.241. The molecular weight excluding hydrogens is 169 g/mol. The maximum atomic E-state index is 12.5. The van der Waals surface area contributed by atoms with Gasteiger partial charge in [0.2, 0.25) is 0 Å². The van der Waals surface area contributed by atoms with Crippen LogP contribution in [0.5, 0.6) is 0 Å². The van der Waals surface area contributed by atoms with Crippen molar-refractivity contribution in [3.05, 3.63) is 42.6 Å². The maximum Gasteiger partial charge on any atom is 0.127 e. The zero-order valence-corrected chi connectivity index (χ0v) is 6.79. The minimum Gasteiger partial charge on any atom is -0.340 e. The van der Waals surface area contributed by atoms with E-state index in [1.165, 1.54) is 12.1 Å². The van der Waals surface area contributed by atoms with E-state index in [1.807, 2.05) is 0 Å². The Balaban J connectivity index is 2.15. The molecule has 0 aliphatic carbocycles. The third kappa shape index (κ3) is 1.84. The Morgan fingerprint density at radius 1 is 1.23 bits per heavy atom. The third-order valence-electron chi connectivity index (χ3n) is 1.62. The second-order valence-corrected chi connectivity index (χ2v) is 2.60. The third-order valence-corrected chi connectivity index (χ3v) is 1.62. The van der Waals surface area contributed by atoms with Crippen LogP contribution >= 0.6 is 0 Å². The fourth-order valence-corrected chi connectivity index (χ4v) is 1.01. The first kappa shape index (κ1) is 7.79. The van der Waals surface area contributed by atoms with Crippen molar-refractivity contribution in [2.24, 2.45) is 0 Å². The number of anilines is 2. The van der Waals surface area contributed by atoms with Crippen LogP contribution in [0.25, 0.3) is 0 Å². The van der Waals surface area contributed by atoms with Gasteiger partial charge in [-0.3, -0.25) is 0 Å². The molecule has 1 aromatic carbocycles. The van der Waals surface area contributed by atoms with Crippen molar-refractivity contribution in [1.29, 1.82) is 0 Å². The van der Waals surface area contributed by atoms with Gasteiger partial charge in [-0.25, -0.2) is 9.37 Å². The largest absolute Gasteiger partial charge is 0.340 e. The molecule has 4 heteroatoms. The van der Waals surface area contributed by atoms with Gasteiger partial charge in [-0.1, -0.05) is 0 Å². The predicted molar refractivity (Wildman–Crippen MR) is 48.3 cm³/mol. The molecule has 0 bridgehead atoms. The zero-order chi connectivity index (χ0) is 9.10. The molecule has 0 radical (unpaired) electrons. The summed E-state index contributed by atoms with van der Waals surface area (Å²) in [4.78, 5) is 6.73. The lowest BCUT2D eigenvalue weighted by Crippen LogP contribution is -1.89. The molecule has 0 fully saturated rings. The van der Waals surface area contributed by atoms with Gasteiger partial charge < -0.3 is 10.3 Å². The fourth-order valence-electron chi connectivity index (χ4n) is 1.01. The summed E-state index contributed by atoms with van der Waals surface area (Å²) in [6, 6.07) is 6.13. The van der Waals surface area contributed by atoms with E-state index in [9.17, 15) is 4.39 Å². The molecule has 0 saturated carbocycles. The molecular formula is C9H8FN3. The summed E-state index contributed by atoms with van der Waals surface area (Å²) in [6.45, 7) is 0. The van der Waals surface area contributed by atoms with Crippen LogP contribution in [-0.4, -0.2) is 9.97 Å². The van der Waals surface area contributed by atoms with Crippen LogP contribution in [0.4, 0.5) is 15.9 Å². The van der Waals surface area contributed by atoms with Gasteiger partial charge in [-0.15, -0.1) is 0 Å². The highest BCUT2D eigenvalue weighted by molar-refractivity contribution is 5.54. The highest BCUT2D eigenvalue weighted by Crippen LogP contribution is 2.13. The number of H-pyrrole nitrogens is 1. The molecule has 13 heavy (non-hydrogen) atoms. The molecule has 0 aliphatic rings. The number of rotatable bonds is 2. The highest BCUT2D eigenvalue weighted by Gasteiger charge is 1.94. The first-order valence-corrected chi connectivity index (χ1v) is 3.85. The lowest BCUT2D eigenvalue weighted by molar-refractivity contribution is 0.628. The van der Waals surface area contributed by atoms with Gasteiger partial charge in [-0.05, 0) is 24.3 Å². The predicted octanol–water partition coefficient (Wildman–Crippen LogP) is 2.29. The summed E-state index contributed by atoms with van der Waals surface area (Å²) in [7, 11) is 0. The molecule has 0 unspecified atom stereocenters. The Kier molecular flexibility index (Phi) is 1.96. The topological polar surface area (TPSA) is 40.7 Å². The van der Waals surface area contributed by atoms with Crippen molar-refractivity contribution < 1.29 is 4.39 Å². The summed E-state index contributed by atoms with van der Waals surface area (Å²) in [5, 5.41) is 3.03. The summed E-state index contributed by atoms with van der Waals surface area (Å²) in [5.41, 5.74) is 0.825. The summed E-state index contributed by atoms with van der Waals surface area (Å²) < 4.78 is 12.5. The molecule has 0 amide bonds. The summed E-state index contributed by atoms with van der Waals surface area (Å²) in [6.07, 6.45) is 3.23. The maximum absolute atomic E-state index is 12.5. The van der Waals surface area contributed by atoms with Gasteiger partial charge in [0, 0.05) is 5.69 Å². The SMILES string of the molecule is Fc1ccc(Nc2cnc[nH]2)cc1. The number of nitrogens with zero attached hydrogens (tertiary/aromatic N) is 1. The first-order valence-electron chi connectivity index (χ1n) is 3.85. The molecule has 0 aliphatic heterocycles. The quantitative estimate of drug-likeness (QED) is 0.738. The second kappa shape index (κ2) is 3.26. The van der Waals surface area contributed by atoms with Crippen molar-refractivity contribution >= 4 is 11.5 Å². The number of aromatic nitrogens is 2. The Labute approximate surface area is 74.6 Å². The van der Waals surface area contributed by atoms with Crippen LogP contribution in [0.1, 0.15) is 0 Å². The van der Waals surface area contributed by atoms with Crippen molar-refractivity contribution in [2.75, 3.05) is 5.32 Å². The summed E-state index contributed by atoms with van der Waals surface area (Å²) >= 11 is 0. The van der Waals surface area contributed by atoms with Crippen molar-refractivity contribution in [3.8, 4) is 0 Å². The average Bonchev–Trinajstić information content (AvgIpc) is 2.62. The van der Waals surface area contributed by atoms with E-state index in [0.29, 0.717) is 0 Å². The monoisotopic (exact) mass is 177 g/mol. The van der Waals surface area contributed by atoms with E-state index < -0.39 is 0 Å². The van der Waals surface area contributed by atoms with Gasteiger partial charge in [0.15, 0.2) is 0 Å². The minimum absolute atomic E-state index is 0.241. The Morgan fingerprint density at radius 3 is 2.62 bits per heavy atom. The van der Waals surface area contributed by atoms with E-state index in [-0.39, 0.29) is 5.82 Å². The molecule has 2 aromatic rings. The van der Waals surface area contributed by atoms with E-state index in [0.717, 1.165) is 11.5 Å². The molecule has 66 valence electrons. The van der Waals surface area contributed by atoms with E-state index in [2.05, 4.69) is 15.3 Å². The molecule has 2 rings (SSSR count). The van der Waals surface area contributed by atoms with Crippen LogP contribution in [0.3, 0.4) is 0 Å². The smallest absolute Gasteiger partial charge is 0.127 e. The Morgan fingerprint density at radius 2 is 2.00 bits per heavy atom. The number of aromatic amines is 1. The Hall–Kier alpha value is -1.84. The van der Waals surface area contributed by atoms with Gasteiger partial charge in [0.05, 0.1) is 12.5 Å². The molecule has 1 heterocycles. The van der Waals surface area contributed by atoms with Crippen molar-refractivity contribution in [2.45, 2.75) is 0 Å². The van der Waals surface area contributed by atoms with Crippen LogP contribution in [0.15, 0.2) is 36.8 Å². The number of halogens is 1. The van der Waals surface area contributed by atoms with Crippen LogP contribution < -0.4 is 5.32 Å². The van der Waals surface area contributed by atoms with Gasteiger partial charge in [0.25, 0.3) is 0 Å². The number of benzene rings is 1. The van der Waals surface area contributed by atoms with E-state index >= 15 is 0 Å². The zero-order valence-electron chi connectivity index (χ0n) is 6.79. The van der Waals surface area contributed by atoms with Crippen LogP contribution in [0.2, 0.25) is 0 Å². The molecule has 0 spiro atoms. The molecule has 3 nitrogen and oxygen atoms in total. The lowest BCUT2D eigenvalue weighted by Gasteiger charge is -2.01. The van der Waals surface area contributed by atoms with Gasteiger partial charge in [-0.2, -0.15) is 0 Å². The highest BCUT2D eigenvalue weighted by atomic mass is 19.1. The second-order valence-electron chi connectivity index (χ2n) is 2.60. The van der Waals surface area contributed by atoms with Crippen molar-refractivity contribution in [1.82, 2.24) is 9.97 Å². The fraction of sp³-hybridized carbons (Fsp3) is 0. The van der Waals surface area contributed by atoms with Crippen LogP contribution in [-0.2, 0) is 0 Å². The van der Waals surface area contributed by atoms with Crippen LogP contribution in [0, 0.1) is 5.82 Å². The van der Waals surface area contributed by atoms with Gasteiger partial charge in [0.1, 0.15) is 11.6 Å². The number of hydrogen-bond acceptors (Lipinski definition) is 2. The Bertz CT molecular complexity index is 366. The van der Waals surface area contributed by atoms with Gasteiger partial charge >= 0.3 is 0 Å². The number of imidazole rings is 1. The normalized spacial score (nSPS) is 9.92. The molecule has 2 N–H and O–H groups in total. The van der Waals surface area contributed by atoms with E-state index in [1.54, 1.807) is 24.7 Å². The number of nitrogens with one attached hydrogen (secondary N) is 2. The first-order chi connectivity index (χ1) is 6.34. The standard InChI is InChI=1S/C9H8FN3/c10-7-1-3-8(4-2-7)13-9-5-11-6-12-9/h1-6,13H,(H,11,12). The average molecular weight is 177 g/mol. The molecule has 0 atom stereocenters. The summed E-state index contributed by atoms with van der Waals surface area (Å²) in [5.74, 6) is 0.543.